The van der Waals surface area contributed by atoms with Gasteiger partial charge < -0.3 is 5.32 Å². The van der Waals surface area contributed by atoms with Crippen LogP contribution in [0.1, 0.15) is 29.5 Å². The number of carbonyl (C=O) groups excluding carboxylic acids is 2. The Labute approximate surface area is 185 Å². The van der Waals surface area contributed by atoms with E-state index in [2.05, 4.69) is 5.32 Å². The zero-order valence-electron chi connectivity index (χ0n) is 16.2. The number of carbonyl (C=O) groups is 2. The van der Waals surface area contributed by atoms with Gasteiger partial charge in [-0.25, -0.2) is 0 Å². The van der Waals surface area contributed by atoms with Crippen molar-refractivity contribution >= 4 is 63.5 Å². The summed E-state index contributed by atoms with van der Waals surface area (Å²) < 4.78 is 0.503. The summed E-state index contributed by atoms with van der Waals surface area (Å²) in [5, 5.41) is 3.48. The predicted molar refractivity (Wildman–Crippen MR) is 125 cm³/mol. The van der Waals surface area contributed by atoms with Crippen LogP contribution < -0.4 is 5.32 Å². The fourth-order valence-corrected chi connectivity index (χ4v) is 4.36. The first-order valence-electron chi connectivity index (χ1n) is 9.22. The second-order valence-corrected chi connectivity index (χ2v) is 8.89. The molecule has 0 saturated carbocycles. The number of nitrogens with zero attached hydrogens (tertiary/aromatic N) is 1. The number of halogens is 1. The molecule has 0 radical (unpaired) electrons. The molecule has 2 aromatic carbocycles. The maximum absolute atomic E-state index is 12.7. The van der Waals surface area contributed by atoms with Gasteiger partial charge in [0.05, 0.1) is 4.91 Å². The molecule has 2 amide bonds. The third kappa shape index (κ3) is 5.47. The van der Waals surface area contributed by atoms with Crippen LogP contribution in [0.4, 0.5) is 5.69 Å². The summed E-state index contributed by atoms with van der Waals surface area (Å²) in [5.41, 5.74) is 3.88. The van der Waals surface area contributed by atoms with Gasteiger partial charge >= 0.3 is 0 Å². The number of hydrogen-bond acceptors (Lipinski definition) is 4. The monoisotopic (exact) mass is 444 g/mol. The molecule has 0 aliphatic carbocycles. The third-order valence-electron chi connectivity index (χ3n) is 4.64. The van der Waals surface area contributed by atoms with Gasteiger partial charge in [0.1, 0.15) is 4.32 Å². The molecular weight excluding hydrogens is 424 g/mol. The van der Waals surface area contributed by atoms with Gasteiger partial charge in [-0.15, -0.1) is 0 Å². The standard InChI is InChI=1S/C22H21ClN2O2S2/c1-14-9-10-17(12-15(14)2)24-20(26)8-5-11-25-21(27)19(29-22(25)28)13-16-6-3-4-7-18(16)23/h3-4,6-7,9-10,12-13H,5,8,11H2,1-2H3,(H,24,26)/b19-13-. The van der Waals surface area contributed by atoms with Crippen LogP contribution >= 0.6 is 35.6 Å². The summed E-state index contributed by atoms with van der Waals surface area (Å²) in [6.45, 7) is 4.45. The molecule has 0 spiro atoms. The largest absolute Gasteiger partial charge is 0.326 e. The molecule has 0 bridgehead atoms. The molecule has 1 heterocycles. The molecule has 1 fully saturated rings. The molecule has 0 atom stereocenters. The highest BCUT2D eigenvalue weighted by Crippen LogP contribution is 2.33. The molecule has 0 unspecified atom stereocenters. The first kappa shape index (κ1) is 21.6. The smallest absolute Gasteiger partial charge is 0.266 e. The van der Waals surface area contributed by atoms with Crippen molar-refractivity contribution < 1.29 is 9.59 Å². The minimum atomic E-state index is -0.144. The van der Waals surface area contributed by atoms with E-state index < -0.39 is 0 Å². The van der Waals surface area contributed by atoms with Gasteiger partial charge in [0.15, 0.2) is 0 Å². The van der Waals surface area contributed by atoms with Crippen molar-refractivity contribution in [2.45, 2.75) is 26.7 Å². The number of hydrogen-bond donors (Lipinski definition) is 1. The van der Waals surface area contributed by atoms with Crippen molar-refractivity contribution in [3.05, 3.63) is 69.1 Å². The summed E-state index contributed by atoms with van der Waals surface area (Å²) >= 11 is 12.8. The van der Waals surface area contributed by atoms with Crippen LogP contribution in [0, 0.1) is 13.8 Å². The minimum absolute atomic E-state index is 0.0784. The summed E-state index contributed by atoms with van der Waals surface area (Å²) in [4.78, 5) is 27.0. The number of nitrogens with one attached hydrogen (secondary N) is 1. The fourth-order valence-electron chi connectivity index (χ4n) is 2.87. The van der Waals surface area contributed by atoms with Crippen molar-refractivity contribution in [3.63, 3.8) is 0 Å². The number of thiocarbonyl (C=S) groups is 1. The first-order valence-corrected chi connectivity index (χ1v) is 10.8. The molecule has 29 heavy (non-hydrogen) atoms. The van der Waals surface area contributed by atoms with Gasteiger partial charge in [-0.1, -0.05) is 59.8 Å². The topological polar surface area (TPSA) is 49.4 Å². The predicted octanol–water partition coefficient (Wildman–Crippen LogP) is 5.58. The molecule has 1 N–H and O–H groups in total. The van der Waals surface area contributed by atoms with Crippen molar-refractivity contribution in [1.29, 1.82) is 0 Å². The Bertz CT molecular complexity index is 1000. The van der Waals surface area contributed by atoms with Crippen LogP contribution in [0.3, 0.4) is 0 Å². The average molecular weight is 445 g/mol. The summed E-state index contributed by atoms with van der Waals surface area (Å²) in [5.74, 6) is -0.222. The lowest BCUT2D eigenvalue weighted by Crippen LogP contribution is -2.29. The lowest BCUT2D eigenvalue weighted by atomic mass is 10.1. The molecule has 0 aromatic heterocycles. The Morgan fingerprint density at radius 2 is 1.97 bits per heavy atom. The highest BCUT2D eigenvalue weighted by Gasteiger charge is 2.31. The zero-order chi connectivity index (χ0) is 21.0. The van der Waals surface area contributed by atoms with E-state index in [0.29, 0.717) is 33.6 Å². The molecule has 2 aromatic rings. The Morgan fingerprint density at radius 1 is 1.21 bits per heavy atom. The molecule has 1 aliphatic rings. The number of amides is 2. The quantitative estimate of drug-likeness (QED) is 0.467. The molecule has 1 saturated heterocycles. The van der Waals surface area contributed by atoms with Gasteiger partial charge in [-0.05, 0) is 61.2 Å². The van der Waals surface area contributed by atoms with Crippen molar-refractivity contribution in [1.82, 2.24) is 4.90 Å². The van der Waals surface area contributed by atoms with E-state index in [1.54, 1.807) is 17.0 Å². The third-order valence-corrected chi connectivity index (χ3v) is 6.36. The number of anilines is 1. The van der Waals surface area contributed by atoms with Crippen molar-refractivity contribution in [2.75, 3.05) is 11.9 Å². The lowest BCUT2D eigenvalue weighted by molar-refractivity contribution is -0.122. The van der Waals surface area contributed by atoms with E-state index in [0.717, 1.165) is 16.8 Å². The van der Waals surface area contributed by atoms with Gasteiger partial charge in [0, 0.05) is 23.7 Å². The number of thioether (sulfide) groups is 1. The van der Waals surface area contributed by atoms with Gasteiger partial charge in [0.25, 0.3) is 5.91 Å². The molecular formula is C22H21ClN2O2S2. The second kappa shape index (κ2) is 9.57. The molecule has 7 heteroatoms. The fraction of sp³-hybridized carbons (Fsp3) is 0.227. The molecule has 4 nitrogen and oxygen atoms in total. The highest BCUT2D eigenvalue weighted by atomic mass is 35.5. The molecule has 150 valence electrons. The number of rotatable bonds is 6. The Hall–Kier alpha value is -2.15. The van der Waals surface area contributed by atoms with Crippen LogP contribution in [0.25, 0.3) is 6.08 Å². The van der Waals surface area contributed by atoms with Crippen LogP contribution in [0.5, 0.6) is 0 Å². The van der Waals surface area contributed by atoms with Crippen LogP contribution in [0.2, 0.25) is 5.02 Å². The Balaban J connectivity index is 1.54. The minimum Gasteiger partial charge on any atom is -0.326 e. The Morgan fingerprint density at radius 3 is 2.69 bits per heavy atom. The van der Waals surface area contributed by atoms with E-state index in [1.165, 1.54) is 17.3 Å². The normalized spacial score (nSPS) is 15.3. The summed E-state index contributed by atoms with van der Waals surface area (Å²) in [7, 11) is 0. The van der Waals surface area contributed by atoms with Crippen LogP contribution in [0.15, 0.2) is 47.4 Å². The average Bonchev–Trinajstić information content (AvgIpc) is 2.94. The van der Waals surface area contributed by atoms with E-state index >= 15 is 0 Å². The maximum atomic E-state index is 12.7. The van der Waals surface area contributed by atoms with Gasteiger partial charge in [-0.2, -0.15) is 0 Å². The lowest BCUT2D eigenvalue weighted by Gasteiger charge is -2.14. The maximum Gasteiger partial charge on any atom is 0.266 e. The Kier molecular flexibility index (Phi) is 7.11. The van der Waals surface area contributed by atoms with Gasteiger partial charge in [0.2, 0.25) is 5.91 Å². The summed E-state index contributed by atoms with van der Waals surface area (Å²) in [6, 6.07) is 13.2. The second-order valence-electron chi connectivity index (χ2n) is 6.81. The van der Waals surface area contributed by atoms with E-state index in [1.807, 2.05) is 50.2 Å². The van der Waals surface area contributed by atoms with E-state index in [9.17, 15) is 9.59 Å². The van der Waals surface area contributed by atoms with Crippen LogP contribution in [-0.2, 0) is 9.59 Å². The van der Waals surface area contributed by atoms with E-state index in [4.69, 9.17) is 23.8 Å². The first-order chi connectivity index (χ1) is 13.8. The molecule has 3 rings (SSSR count). The van der Waals surface area contributed by atoms with Gasteiger partial charge in [-0.3, -0.25) is 14.5 Å². The van der Waals surface area contributed by atoms with E-state index in [-0.39, 0.29) is 11.8 Å². The number of aryl methyl sites for hydroxylation is 2. The molecule has 1 aliphatic heterocycles. The zero-order valence-corrected chi connectivity index (χ0v) is 18.6. The SMILES string of the molecule is Cc1ccc(NC(=O)CCCN2C(=O)/C(=C/c3ccccc3Cl)SC2=S)cc1C. The highest BCUT2D eigenvalue weighted by molar-refractivity contribution is 8.26. The van der Waals surface area contributed by atoms with Crippen LogP contribution in [-0.4, -0.2) is 27.6 Å². The van der Waals surface area contributed by atoms with Crippen molar-refractivity contribution in [2.24, 2.45) is 0 Å². The number of benzene rings is 2. The van der Waals surface area contributed by atoms with Crippen molar-refractivity contribution in [3.8, 4) is 0 Å². The summed E-state index contributed by atoms with van der Waals surface area (Å²) in [6.07, 6.45) is 2.60.